The van der Waals surface area contributed by atoms with E-state index in [9.17, 15) is 4.79 Å². The van der Waals surface area contributed by atoms with E-state index in [1.165, 1.54) is 5.56 Å². The van der Waals surface area contributed by atoms with Crippen LogP contribution in [0, 0.1) is 6.92 Å². The first-order valence-corrected chi connectivity index (χ1v) is 12.1. The van der Waals surface area contributed by atoms with Gasteiger partial charge in [0.2, 0.25) is 5.91 Å². The molecule has 0 bridgehead atoms. The summed E-state index contributed by atoms with van der Waals surface area (Å²) >= 11 is 1.58. The zero-order valence-corrected chi connectivity index (χ0v) is 19.7. The maximum Gasteiger partial charge on any atom is 0.250 e. The summed E-state index contributed by atoms with van der Waals surface area (Å²) in [4.78, 5) is 25.5. The van der Waals surface area contributed by atoms with Crippen LogP contribution < -0.4 is 16.0 Å². The number of hydrogen-bond donors (Lipinski definition) is 2. The Hall–Kier alpha value is -3.45. The summed E-state index contributed by atoms with van der Waals surface area (Å²) in [6.45, 7) is 3.73. The highest BCUT2D eigenvalue weighted by Gasteiger charge is 2.24. The molecule has 2 aromatic carbocycles. The van der Waals surface area contributed by atoms with Crippen LogP contribution in [0.2, 0.25) is 0 Å². The molecule has 33 heavy (non-hydrogen) atoms. The number of primary amides is 1. The highest BCUT2D eigenvalue weighted by Crippen LogP contribution is 2.41. The van der Waals surface area contributed by atoms with Crippen molar-refractivity contribution in [2.45, 2.75) is 32.7 Å². The standard InChI is InChI=1S/C26H27N5OS/c1-16-21(18-11-8-12-19(24(27)32)23(18)33-16)25-29-20-13-6-7-14-31(2)22(20)26(30-25)28-15-17-9-4-3-5-10-17/h3-5,8-12H,6-7,13-15H2,1-2H3,(H2,27,32)(H,28,29,30). The third kappa shape index (κ3) is 4.04. The monoisotopic (exact) mass is 457 g/mol. The van der Waals surface area contributed by atoms with Crippen molar-refractivity contribution in [2.24, 2.45) is 5.73 Å². The zero-order valence-electron chi connectivity index (χ0n) is 18.9. The second-order valence-electron chi connectivity index (χ2n) is 8.49. The van der Waals surface area contributed by atoms with E-state index in [-0.39, 0.29) is 0 Å². The predicted octanol–water partition coefficient (Wildman–Crippen LogP) is 5.15. The molecular formula is C26H27N5OS. The van der Waals surface area contributed by atoms with E-state index in [0.29, 0.717) is 17.9 Å². The Kier molecular flexibility index (Phi) is 5.72. The van der Waals surface area contributed by atoms with Gasteiger partial charge in [0.05, 0.1) is 11.3 Å². The number of aryl methyl sites for hydroxylation is 2. The minimum atomic E-state index is -0.414. The predicted molar refractivity (Wildman–Crippen MR) is 136 cm³/mol. The van der Waals surface area contributed by atoms with Crippen LogP contribution in [0.3, 0.4) is 0 Å². The molecule has 1 aliphatic heterocycles. The summed E-state index contributed by atoms with van der Waals surface area (Å²) in [5.74, 6) is 1.14. The molecule has 1 amide bonds. The average molecular weight is 458 g/mol. The molecule has 0 unspecified atom stereocenters. The van der Waals surface area contributed by atoms with Crippen molar-refractivity contribution < 1.29 is 4.79 Å². The van der Waals surface area contributed by atoms with Crippen LogP contribution in [0.1, 0.15) is 39.3 Å². The normalized spacial score (nSPS) is 13.6. The molecule has 5 rings (SSSR count). The Labute approximate surface area is 197 Å². The van der Waals surface area contributed by atoms with Crippen molar-refractivity contribution in [3.8, 4) is 11.4 Å². The number of carbonyl (C=O) groups is 1. The number of fused-ring (bicyclic) bond motifs is 2. The van der Waals surface area contributed by atoms with E-state index in [0.717, 1.165) is 63.5 Å². The summed E-state index contributed by atoms with van der Waals surface area (Å²) in [5, 5.41) is 4.56. The van der Waals surface area contributed by atoms with Crippen LogP contribution in [-0.2, 0) is 13.0 Å². The molecule has 0 aliphatic carbocycles. The summed E-state index contributed by atoms with van der Waals surface area (Å²) < 4.78 is 0.895. The fourth-order valence-corrected chi connectivity index (χ4v) is 5.72. The lowest BCUT2D eigenvalue weighted by molar-refractivity contribution is 0.100. The number of nitrogens with two attached hydrogens (primary N) is 1. The van der Waals surface area contributed by atoms with E-state index < -0.39 is 5.91 Å². The molecule has 6 nitrogen and oxygen atoms in total. The topological polar surface area (TPSA) is 84.1 Å². The third-order valence-electron chi connectivity index (χ3n) is 6.18. The lowest BCUT2D eigenvalue weighted by Gasteiger charge is -2.23. The number of rotatable bonds is 5. The van der Waals surface area contributed by atoms with Crippen molar-refractivity contribution >= 4 is 38.8 Å². The number of hydrogen-bond acceptors (Lipinski definition) is 6. The van der Waals surface area contributed by atoms with Gasteiger partial charge in [-0.25, -0.2) is 9.97 Å². The molecule has 0 atom stereocenters. The number of benzene rings is 2. The number of aromatic nitrogens is 2. The number of amides is 1. The molecular weight excluding hydrogens is 430 g/mol. The largest absolute Gasteiger partial charge is 0.370 e. The zero-order chi connectivity index (χ0) is 22.9. The molecule has 4 aromatic rings. The fourth-order valence-electron chi connectivity index (χ4n) is 4.56. The van der Waals surface area contributed by atoms with Gasteiger partial charge in [-0.2, -0.15) is 0 Å². The van der Waals surface area contributed by atoms with Crippen molar-refractivity contribution in [1.29, 1.82) is 0 Å². The van der Waals surface area contributed by atoms with E-state index >= 15 is 0 Å². The Bertz CT molecular complexity index is 1330. The maximum absolute atomic E-state index is 12.0. The van der Waals surface area contributed by atoms with E-state index in [4.69, 9.17) is 15.7 Å². The third-order valence-corrected chi connectivity index (χ3v) is 7.33. The van der Waals surface area contributed by atoms with Crippen LogP contribution in [0.25, 0.3) is 21.5 Å². The average Bonchev–Trinajstić information content (AvgIpc) is 3.04. The SMILES string of the molecule is Cc1sc2c(C(N)=O)cccc2c1-c1nc2c(c(NCc3ccccc3)n1)N(C)CCCC2. The van der Waals surface area contributed by atoms with E-state index in [1.54, 1.807) is 17.4 Å². The van der Waals surface area contributed by atoms with Crippen molar-refractivity contribution in [3.05, 3.63) is 70.2 Å². The fraction of sp³-hybridized carbons (Fsp3) is 0.269. The Balaban J connectivity index is 1.66. The minimum Gasteiger partial charge on any atom is -0.370 e. The highest BCUT2D eigenvalue weighted by molar-refractivity contribution is 7.20. The van der Waals surface area contributed by atoms with Crippen LogP contribution in [0.15, 0.2) is 48.5 Å². The first-order chi connectivity index (χ1) is 16.0. The summed E-state index contributed by atoms with van der Waals surface area (Å²) in [5.41, 5.74) is 10.5. The number of thiophene rings is 1. The molecule has 7 heteroatoms. The van der Waals surface area contributed by atoms with Gasteiger partial charge >= 0.3 is 0 Å². The smallest absolute Gasteiger partial charge is 0.250 e. The number of nitrogens with one attached hydrogen (secondary N) is 1. The highest BCUT2D eigenvalue weighted by atomic mass is 32.1. The van der Waals surface area contributed by atoms with Gasteiger partial charge < -0.3 is 16.0 Å². The van der Waals surface area contributed by atoms with Crippen LogP contribution in [0.4, 0.5) is 11.5 Å². The van der Waals surface area contributed by atoms with Gasteiger partial charge in [-0.05, 0) is 37.8 Å². The molecule has 3 N–H and O–H groups in total. The van der Waals surface area contributed by atoms with Crippen molar-refractivity contribution in [2.75, 3.05) is 23.8 Å². The Morgan fingerprint density at radius 1 is 1.12 bits per heavy atom. The number of nitrogens with zero attached hydrogens (tertiary/aromatic N) is 3. The van der Waals surface area contributed by atoms with Gasteiger partial charge in [0.1, 0.15) is 5.69 Å². The maximum atomic E-state index is 12.0. The van der Waals surface area contributed by atoms with Gasteiger partial charge in [0.25, 0.3) is 0 Å². The van der Waals surface area contributed by atoms with Gasteiger partial charge in [-0.15, -0.1) is 11.3 Å². The first-order valence-electron chi connectivity index (χ1n) is 11.2. The summed E-state index contributed by atoms with van der Waals surface area (Å²) in [7, 11) is 2.12. The molecule has 3 heterocycles. The number of anilines is 2. The van der Waals surface area contributed by atoms with Gasteiger partial charge in [-0.3, -0.25) is 4.79 Å². The van der Waals surface area contributed by atoms with Gasteiger partial charge in [0.15, 0.2) is 11.6 Å². The van der Waals surface area contributed by atoms with Crippen LogP contribution in [0.5, 0.6) is 0 Å². The first kappa shape index (κ1) is 21.4. The molecule has 0 radical (unpaired) electrons. The lowest BCUT2D eigenvalue weighted by atomic mass is 10.1. The molecule has 168 valence electrons. The second-order valence-corrected chi connectivity index (χ2v) is 9.71. The molecule has 0 saturated heterocycles. The van der Waals surface area contributed by atoms with Crippen molar-refractivity contribution in [3.63, 3.8) is 0 Å². The van der Waals surface area contributed by atoms with Crippen LogP contribution in [-0.4, -0.2) is 29.5 Å². The molecule has 1 aliphatic rings. The number of carbonyl (C=O) groups excluding carboxylic acids is 1. The van der Waals surface area contributed by atoms with Crippen molar-refractivity contribution in [1.82, 2.24) is 9.97 Å². The minimum absolute atomic E-state index is 0.414. The Morgan fingerprint density at radius 3 is 2.73 bits per heavy atom. The van der Waals surface area contributed by atoms with E-state index in [1.807, 2.05) is 30.3 Å². The second kappa shape index (κ2) is 8.83. The quantitative estimate of drug-likeness (QED) is 0.433. The lowest BCUT2D eigenvalue weighted by Crippen LogP contribution is -2.21. The van der Waals surface area contributed by atoms with Gasteiger partial charge in [0, 0.05) is 40.7 Å². The Morgan fingerprint density at radius 2 is 1.94 bits per heavy atom. The summed E-state index contributed by atoms with van der Waals surface area (Å²) in [6.07, 6.45) is 3.15. The van der Waals surface area contributed by atoms with Gasteiger partial charge in [-0.1, -0.05) is 42.5 Å². The van der Waals surface area contributed by atoms with Crippen LogP contribution >= 0.6 is 11.3 Å². The molecule has 0 spiro atoms. The summed E-state index contributed by atoms with van der Waals surface area (Å²) in [6, 6.07) is 16.0. The molecule has 0 saturated carbocycles. The molecule has 2 aromatic heterocycles. The van der Waals surface area contributed by atoms with E-state index in [2.05, 4.69) is 36.3 Å². The molecule has 0 fully saturated rings.